The minimum atomic E-state index is -0.852. The van der Waals surface area contributed by atoms with E-state index in [1.165, 1.54) is 27.1 Å². The smallest absolute Gasteiger partial charge is 0.254 e. The van der Waals surface area contributed by atoms with Crippen molar-refractivity contribution in [1.29, 1.82) is 0 Å². The number of carbonyl (C=O) groups excluding carboxylic acids is 4. The molecule has 4 rings (SSSR count). The Bertz CT molecular complexity index is 1290. The quantitative estimate of drug-likeness (QED) is 0.479. The predicted octanol–water partition coefficient (Wildman–Crippen LogP) is 2.41. The van der Waals surface area contributed by atoms with Gasteiger partial charge in [-0.1, -0.05) is 41.9 Å². The molecule has 3 aromatic rings. The fourth-order valence-electron chi connectivity index (χ4n) is 4.21. The highest BCUT2D eigenvalue weighted by molar-refractivity contribution is 6.30. The van der Waals surface area contributed by atoms with Gasteiger partial charge in [0.1, 0.15) is 12.6 Å². The summed E-state index contributed by atoms with van der Waals surface area (Å²) in [5.41, 5.74) is 1.97. The molecule has 1 atom stereocenters. The third-order valence-electron chi connectivity index (χ3n) is 6.33. The Hall–Kier alpha value is -4.24. The molecule has 0 unspecified atom stereocenters. The van der Waals surface area contributed by atoms with Crippen molar-refractivity contribution < 1.29 is 19.2 Å². The first-order valence-electron chi connectivity index (χ1n) is 12.2. The van der Waals surface area contributed by atoms with Gasteiger partial charge in [-0.2, -0.15) is 0 Å². The van der Waals surface area contributed by atoms with E-state index in [0.29, 0.717) is 22.8 Å². The van der Waals surface area contributed by atoms with Crippen molar-refractivity contribution in [2.24, 2.45) is 0 Å². The number of nitrogens with one attached hydrogen (secondary N) is 1. The molecule has 1 aromatic heterocycles. The number of likely N-dealkylation sites (N-methyl/N-ethyl adjacent to an activating group) is 1. The van der Waals surface area contributed by atoms with Crippen molar-refractivity contribution in [2.75, 3.05) is 38.1 Å². The highest BCUT2D eigenvalue weighted by atomic mass is 35.5. The minimum Gasteiger partial charge on any atom is -0.342 e. The Balaban J connectivity index is 1.40. The molecule has 0 aliphatic carbocycles. The van der Waals surface area contributed by atoms with Crippen molar-refractivity contribution in [1.82, 2.24) is 20.1 Å². The number of rotatable bonds is 8. The van der Waals surface area contributed by atoms with E-state index in [2.05, 4.69) is 10.3 Å². The van der Waals surface area contributed by atoms with Crippen LogP contribution >= 0.6 is 11.6 Å². The van der Waals surface area contributed by atoms with Gasteiger partial charge in [0.05, 0.1) is 6.54 Å². The lowest BCUT2D eigenvalue weighted by molar-refractivity contribution is -0.139. The zero-order valence-corrected chi connectivity index (χ0v) is 21.7. The van der Waals surface area contributed by atoms with E-state index < -0.39 is 11.9 Å². The van der Waals surface area contributed by atoms with Crippen LogP contribution in [0.5, 0.6) is 0 Å². The molecular formula is C28H28ClN5O4. The summed E-state index contributed by atoms with van der Waals surface area (Å²) in [4.78, 5) is 60.1. The first-order chi connectivity index (χ1) is 18.3. The summed E-state index contributed by atoms with van der Waals surface area (Å²) in [6, 6.07) is 18.6. The van der Waals surface area contributed by atoms with Crippen LogP contribution in [0.4, 0.5) is 5.69 Å². The molecule has 0 saturated carbocycles. The summed E-state index contributed by atoms with van der Waals surface area (Å²) in [5, 5.41) is 3.37. The molecule has 1 fully saturated rings. The number of amides is 4. The summed E-state index contributed by atoms with van der Waals surface area (Å²) in [7, 11) is 1.64. The van der Waals surface area contributed by atoms with Gasteiger partial charge in [0.2, 0.25) is 17.7 Å². The van der Waals surface area contributed by atoms with Crippen molar-refractivity contribution >= 4 is 40.9 Å². The average molecular weight is 534 g/mol. The Labute approximate surface area is 226 Å². The topological polar surface area (TPSA) is 103 Å². The van der Waals surface area contributed by atoms with Gasteiger partial charge < -0.3 is 20.0 Å². The first-order valence-corrected chi connectivity index (χ1v) is 12.5. The van der Waals surface area contributed by atoms with Crippen molar-refractivity contribution in [3.8, 4) is 0 Å². The lowest BCUT2D eigenvalue weighted by Gasteiger charge is -2.34. The number of hydrogen-bond donors (Lipinski definition) is 1. The van der Waals surface area contributed by atoms with Crippen LogP contribution in [0, 0.1) is 0 Å². The van der Waals surface area contributed by atoms with Gasteiger partial charge >= 0.3 is 0 Å². The predicted molar refractivity (Wildman–Crippen MR) is 144 cm³/mol. The largest absolute Gasteiger partial charge is 0.342 e. The standard InChI is InChI=1S/C28H28ClN5O4/c1-32(23-9-7-22(29)8-10-23)28(38)24(17-20-5-3-2-4-6-20)31-25(35)18-33-15-16-34(19-26(33)36)27(37)21-11-13-30-14-12-21/h2-14,24H,15-19H2,1H3,(H,31,35)/t24-/m0/s1. The van der Waals surface area contributed by atoms with Gasteiger partial charge in [0.15, 0.2) is 0 Å². The van der Waals surface area contributed by atoms with E-state index in [4.69, 9.17) is 11.6 Å². The van der Waals surface area contributed by atoms with E-state index in [0.717, 1.165) is 5.56 Å². The molecule has 0 radical (unpaired) electrons. The molecular weight excluding hydrogens is 506 g/mol. The van der Waals surface area contributed by atoms with Crippen molar-refractivity contribution in [3.63, 3.8) is 0 Å². The minimum absolute atomic E-state index is 0.125. The Morgan fingerprint density at radius 2 is 1.68 bits per heavy atom. The molecule has 1 aliphatic heterocycles. The molecule has 2 aromatic carbocycles. The highest BCUT2D eigenvalue weighted by Crippen LogP contribution is 2.18. The van der Waals surface area contributed by atoms with Crippen LogP contribution in [0.25, 0.3) is 0 Å². The molecule has 0 spiro atoms. The summed E-state index contributed by atoms with van der Waals surface area (Å²) in [6.07, 6.45) is 3.33. The van der Waals surface area contributed by atoms with E-state index in [-0.39, 0.29) is 43.8 Å². The zero-order chi connectivity index (χ0) is 27.1. The van der Waals surface area contributed by atoms with Crippen LogP contribution in [0.3, 0.4) is 0 Å². The number of pyridine rings is 1. The van der Waals surface area contributed by atoms with Gasteiger partial charge in [-0.3, -0.25) is 24.2 Å². The number of anilines is 1. The normalized spacial score (nSPS) is 14.1. The number of carbonyl (C=O) groups is 4. The van der Waals surface area contributed by atoms with E-state index >= 15 is 0 Å². The summed E-state index contributed by atoms with van der Waals surface area (Å²) >= 11 is 5.98. The monoisotopic (exact) mass is 533 g/mol. The fourth-order valence-corrected chi connectivity index (χ4v) is 4.34. The number of benzene rings is 2. The second-order valence-corrected chi connectivity index (χ2v) is 9.40. The molecule has 9 nitrogen and oxygen atoms in total. The van der Waals surface area contributed by atoms with Crippen molar-refractivity contribution in [2.45, 2.75) is 12.5 Å². The summed E-state index contributed by atoms with van der Waals surface area (Å²) in [5.74, 6) is -1.35. The molecule has 1 N–H and O–H groups in total. The number of aromatic nitrogens is 1. The van der Waals surface area contributed by atoms with Crippen LogP contribution in [-0.2, 0) is 20.8 Å². The molecule has 1 saturated heterocycles. The molecule has 1 aliphatic rings. The molecule has 38 heavy (non-hydrogen) atoms. The van der Waals surface area contributed by atoms with Crippen LogP contribution in [-0.4, -0.2) is 77.7 Å². The van der Waals surface area contributed by atoms with Crippen LogP contribution < -0.4 is 10.2 Å². The van der Waals surface area contributed by atoms with Gasteiger partial charge in [-0.05, 0) is 42.0 Å². The molecule has 4 amide bonds. The Kier molecular flexibility index (Phi) is 8.70. The second kappa shape index (κ2) is 12.3. The van der Waals surface area contributed by atoms with Crippen LogP contribution in [0.1, 0.15) is 15.9 Å². The summed E-state index contributed by atoms with van der Waals surface area (Å²) in [6.45, 7) is 0.177. The van der Waals surface area contributed by atoms with Gasteiger partial charge in [0.25, 0.3) is 5.91 Å². The fraction of sp³-hybridized carbons (Fsp3) is 0.250. The number of hydrogen-bond acceptors (Lipinski definition) is 5. The summed E-state index contributed by atoms with van der Waals surface area (Å²) < 4.78 is 0. The Morgan fingerprint density at radius 1 is 1.00 bits per heavy atom. The number of nitrogens with zero attached hydrogens (tertiary/aromatic N) is 4. The second-order valence-electron chi connectivity index (χ2n) is 8.96. The van der Waals surface area contributed by atoms with Gasteiger partial charge in [-0.25, -0.2) is 0 Å². The van der Waals surface area contributed by atoms with Gasteiger partial charge in [-0.15, -0.1) is 0 Å². The molecule has 196 valence electrons. The van der Waals surface area contributed by atoms with E-state index in [1.807, 2.05) is 30.3 Å². The van der Waals surface area contributed by atoms with Crippen LogP contribution in [0.15, 0.2) is 79.1 Å². The first kappa shape index (κ1) is 26.8. The third kappa shape index (κ3) is 6.74. The third-order valence-corrected chi connectivity index (χ3v) is 6.58. The lowest BCUT2D eigenvalue weighted by Crippen LogP contribution is -2.56. The SMILES string of the molecule is CN(C(=O)[C@H](Cc1ccccc1)NC(=O)CN1CCN(C(=O)c2ccncc2)CC1=O)c1ccc(Cl)cc1. The molecule has 2 heterocycles. The lowest BCUT2D eigenvalue weighted by atomic mass is 10.0. The number of halogens is 1. The maximum atomic E-state index is 13.4. The number of piperazine rings is 1. The van der Waals surface area contributed by atoms with Gasteiger partial charge in [0, 0.05) is 55.2 Å². The maximum absolute atomic E-state index is 13.4. The zero-order valence-electron chi connectivity index (χ0n) is 20.9. The molecule has 0 bridgehead atoms. The average Bonchev–Trinajstić information content (AvgIpc) is 2.94. The van der Waals surface area contributed by atoms with Crippen LogP contribution in [0.2, 0.25) is 5.02 Å². The Morgan fingerprint density at radius 3 is 2.34 bits per heavy atom. The van der Waals surface area contributed by atoms with E-state index in [9.17, 15) is 19.2 Å². The van der Waals surface area contributed by atoms with E-state index in [1.54, 1.807) is 43.4 Å². The highest BCUT2D eigenvalue weighted by Gasteiger charge is 2.31. The maximum Gasteiger partial charge on any atom is 0.254 e. The van der Waals surface area contributed by atoms with Crippen molar-refractivity contribution in [3.05, 3.63) is 95.3 Å². The molecule has 10 heteroatoms.